The second-order valence-corrected chi connectivity index (χ2v) is 6.61. The quantitative estimate of drug-likeness (QED) is 0.682. The first-order chi connectivity index (χ1) is 13.5. The topological polar surface area (TPSA) is 77.2 Å². The van der Waals surface area contributed by atoms with Crippen molar-refractivity contribution in [2.45, 2.75) is 20.4 Å². The molecule has 0 bridgehead atoms. The lowest BCUT2D eigenvalue weighted by molar-refractivity contribution is 0.152. The van der Waals surface area contributed by atoms with E-state index in [4.69, 9.17) is 4.74 Å². The van der Waals surface area contributed by atoms with Crippen molar-refractivity contribution in [3.63, 3.8) is 0 Å². The minimum absolute atomic E-state index is 0.174. The monoisotopic (exact) mass is 382 g/mol. The van der Waals surface area contributed by atoms with E-state index in [9.17, 15) is 4.79 Å². The highest BCUT2D eigenvalue weighted by Crippen LogP contribution is 2.17. The Kier molecular flexibility index (Phi) is 6.10. The predicted octanol–water partition coefficient (Wildman–Crippen LogP) is 2.90. The third kappa shape index (κ3) is 4.40. The summed E-state index contributed by atoms with van der Waals surface area (Å²) in [6.07, 6.45) is 3.60. The molecular formula is C20H26N6O2. The Morgan fingerprint density at radius 1 is 1.25 bits per heavy atom. The number of aromatic nitrogens is 4. The number of aryl methyl sites for hydroxylation is 2. The number of nitrogens with one attached hydrogen (secondary N) is 1. The maximum absolute atomic E-state index is 12.9. The SMILES string of the molecule is COCCN(Cc1c(C)nn(C)c1C)C(=O)Nc1ccc(-n2cccn2)cc1. The fraction of sp³-hybridized carbons (Fsp3) is 0.350. The minimum Gasteiger partial charge on any atom is -0.383 e. The van der Waals surface area contributed by atoms with Crippen LogP contribution < -0.4 is 5.32 Å². The molecule has 2 aromatic heterocycles. The summed E-state index contributed by atoms with van der Waals surface area (Å²) >= 11 is 0. The Hall–Kier alpha value is -3.13. The number of hydrogen-bond donors (Lipinski definition) is 1. The number of carbonyl (C=O) groups is 1. The first-order valence-corrected chi connectivity index (χ1v) is 9.13. The van der Waals surface area contributed by atoms with Gasteiger partial charge in [-0.25, -0.2) is 9.48 Å². The number of methoxy groups -OCH3 is 1. The molecule has 0 atom stereocenters. The zero-order valence-electron chi connectivity index (χ0n) is 16.7. The number of hydrogen-bond acceptors (Lipinski definition) is 4. The van der Waals surface area contributed by atoms with Gasteiger partial charge in [-0.05, 0) is 44.2 Å². The van der Waals surface area contributed by atoms with Crippen LogP contribution >= 0.6 is 0 Å². The number of benzene rings is 1. The van der Waals surface area contributed by atoms with E-state index < -0.39 is 0 Å². The summed E-state index contributed by atoms with van der Waals surface area (Å²) in [6.45, 7) is 5.40. The van der Waals surface area contributed by atoms with Crippen LogP contribution in [0.25, 0.3) is 5.69 Å². The smallest absolute Gasteiger partial charge is 0.322 e. The molecule has 28 heavy (non-hydrogen) atoms. The maximum Gasteiger partial charge on any atom is 0.322 e. The van der Waals surface area contributed by atoms with Gasteiger partial charge >= 0.3 is 6.03 Å². The van der Waals surface area contributed by atoms with E-state index in [2.05, 4.69) is 15.5 Å². The largest absolute Gasteiger partial charge is 0.383 e. The van der Waals surface area contributed by atoms with Gasteiger partial charge in [0.05, 0.1) is 24.5 Å². The third-order valence-electron chi connectivity index (χ3n) is 4.75. The molecule has 0 aliphatic carbocycles. The van der Waals surface area contributed by atoms with Gasteiger partial charge in [-0.1, -0.05) is 0 Å². The first kappa shape index (κ1) is 19.6. The summed E-state index contributed by atoms with van der Waals surface area (Å²) < 4.78 is 8.79. The number of ether oxygens (including phenoxy) is 1. The molecule has 0 fully saturated rings. The highest BCUT2D eigenvalue weighted by molar-refractivity contribution is 5.89. The molecule has 1 aromatic carbocycles. The zero-order valence-corrected chi connectivity index (χ0v) is 16.7. The van der Waals surface area contributed by atoms with Crippen molar-refractivity contribution in [2.24, 2.45) is 7.05 Å². The lowest BCUT2D eigenvalue weighted by Crippen LogP contribution is -2.37. The van der Waals surface area contributed by atoms with Crippen molar-refractivity contribution in [2.75, 3.05) is 25.6 Å². The molecule has 2 heterocycles. The van der Waals surface area contributed by atoms with Crippen LogP contribution in [0, 0.1) is 13.8 Å². The van der Waals surface area contributed by atoms with E-state index in [0.717, 1.165) is 28.3 Å². The molecule has 0 spiro atoms. The number of amides is 2. The molecule has 0 saturated carbocycles. The van der Waals surface area contributed by atoms with Gasteiger partial charge in [0.1, 0.15) is 0 Å². The number of rotatable bonds is 7. The third-order valence-corrected chi connectivity index (χ3v) is 4.75. The number of nitrogens with zero attached hydrogens (tertiary/aromatic N) is 5. The van der Waals surface area contributed by atoms with Gasteiger partial charge in [0.2, 0.25) is 0 Å². The summed E-state index contributed by atoms with van der Waals surface area (Å²) in [7, 11) is 3.54. The van der Waals surface area contributed by atoms with Crippen LogP contribution in [0.5, 0.6) is 0 Å². The summed E-state index contributed by atoms with van der Waals surface area (Å²) in [6, 6.07) is 9.25. The summed E-state index contributed by atoms with van der Waals surface area (Å²) in [4.78, 5) is 14.6. The van der Waals surface area contributed by atoms with E-state index in [1.165, 1.54) is 0 Å². The molecule has 0 radical (unpaired) electrons. The van der Waals surface area contributed by atoms with Crippen LogP contribution in [-0.2, 0) is 18.3 Å². The molecule has 3 aromatic rings. The van der Waals surface area contributed by atoms with E-state index in [1.54, 1.807) is 22.9 Å². The van der Waals surface area contributed by atoms with Crippen molar-refractivity contribution < 1.29 is 9.53 Å². The average molecular weight is 382 g/mol. The van der Waals surface area contributed by atoms with Gasteiger partial charge < -0.3 is 15.0 Å². The van der Waals surface area contributed by atoms with Crippen LogP contribution in [0.2, 0.25) is 0 Å². The molecular weight excluding hydrogens is 356 g/mol. The van der Waals surface area contributed by atoms with E-state index in [1.807, 2.05) is 62.1 Å². The summed E-state index contributed by atoms with van der Waals surface area (Å²) in [5.41, 5.74) is 4.70. The van der Waals surface area contributed by atoms with Crippen LogP contribution in [0.1, 0.15) is 17.0 Å². The molecule has 0 saturated heterocycles. The minimum atomic E-state index is -0.174. The van der Waals surface area contributed by atoms with Crippen molar-refractivity contribution >= 4 is 11.7 Å². The summed E-state index contributed by atoms with van der Waals surface area (Å²) in [5, 5.41) is 11.6. The second kappa shape index (κ2) is 8.71. The zero-order chi connectivity index (χ0) is 20.1. The molecule has 0 aliphatic heterocycles. The lowest BCUT2D eigenvalue weighted by atomic mass is 10.2. The highest BCUT2D eigenvalue weighted by Gasteiger charge is 2.18. The Morgan fingerprint density at radius 3 is 2.57 bits per heavy atom. The Morgan fingerprint density at radius 2 is 2.00 bits per heavy atom. The van der Waals surface area contributed by atoms with Gasteiger partial charge in [0.25, 0.3) is 0 Å². The predicted molar refractivity (Wildman–Crippen MR) is 108 cm³/mol. The molecule has 0 aliphatic rings. The molecule has 0 unspecified atom stereocenters. The van der Waals surface area contributed by atoms with E-state index >= 15 is 0 Å². The van der Waals surface area contributed by atoms with Crippen LogP contribution in [-0.4, -0.2) is 50.8 Å². The number of carbonyl (C=O) groups excluding carboxylic acids is 1. The van der Waals surface area contributed by atoms with Gasteiger partial charge in [-0.2, -0.15) is 10.2 Å². The number of urea groups is 1. The average Bonchev–Trinajstić information content (AvgIpc) is 3.30. The van der Waals surface area contributed by atoms with Crippen molar-refractivity contribution in [1.29, 1.82) is 0 Å². The maximum atomic E-state index is 12.9. The Balaban J connectivity index is 1.72. The van der Waals surface area contributed by atoms with Crippen LogP contribution in [0.15, 0.2) is 42.7 Å². The molecule has 8 nitrogen and oxygen atoms in total. The Labute approximate surface area is 164 Å². The molecule has 2 amide bonds. The van der Waals surface area contributed by atoms with Crippen molar-refractivity contribution in [3.8, 4) is 5.69 Å². The van der Waals surface area contributed by atoms with Crippen molar-refractivity contribution in [3.05, 3.63) is 59.7 Å². The van der Waals surface area contributed by atoms with Gasteiger partial charge in [-0.3, -0.25) is 4.68 Å². The molecule has 1 N–H and O–H groups in total. The fourth-order valence-corrected chi connectivity index (χ4v) is 3.01. The fourth-order valence-electron chi connectivity index (χ4n) is 3.01. The van der Waals surface area contributed by atoms with Crippen molar-refractivity contribution in [1.82, 2.24) is 24.5 Å². The van der Waals surface area contributed by atoms with E-state index in [-0.39, 0.29) is 6.03 Å². The second-order valence-electron chi connectivity index (χ2n) is 6.61. The van der Waals surface area contributed by atoms with E-state index in [0.29, 0.717) is 19.7 Å². The molecule has 3 rings (SSSR count). The molecule has 8 heteroatoms. The lowest BCUT2D eigenvalue weighted by Gasteiger charge is -2.23. The van der Waals surface area contributed by atoms with Gasteiger partial charge in [0.15, 0.2) is 0 Å². The number of anilines is 1. The molecule has 148 valence electrons. The summed E-state index contributed by atoms with van der Waals surface area (Å²) in [5.74, 6) is 0. The van der Waals surface area contributed by atoms with Gasteiger partial charge in [-0.15, -0.1) is 0 Å². The van der Waals surface area contributed by atoms with Crippen LogP contribution in [0.3, 0.4) is 0 Å². The highest BCUT2D eigenvalue weighted by atomic mass is 16.5. The van der Waals surface area contributed by atoms with Gasteiger partial charge in [0, 0.05) is 50.0 Å². The Bertz CT molecular complexity index is 915. The standard InChI is InChI=1S/C20H26N6O2/c1-15-19(16(2)24(3)23-15)14-25(12-13-28-4)20(27)22-17-6-8-18(9-7-17)26-11-5-10-21-26/h5-11H,12-14H2,1-4H3,(H,22,27). The normalized spacial score (nSPS) is 10.9. The first-order valence-electron chi connectivity index (χ1n) is 9.13. The van der Waals surface area contributed by atoms with Crippen LogP contribution in [0.4, 0.5) is 10.5 Å².